The number of hydrogen-bond donors (Lipinski definition) is 1. The molecule has 1 aliphatic heterocycles. The summed E-state index contributed by atoms with van der Waals surface area (Å²) in [6.07, 6.45) is 4.40. The molecule has 0 bridgehead atoms. The van der Waals surface area contributed by atoms with Gasteiger partial charge in [0.05, 0.1) is 29.1 Å². The normalized spacial score (nSPS) is 15.2. The molecule has 0 aliphatic carbocycles. The quantitative estimate of drug-likeness (QED) is 0.945. The second kappa shape index (κ2) is 6.53. The number of carbonyl (C=O) groups excluding carboxylic acids is 1. The standard InChI is InChI=1S/C17H16FN3O2/c18-15-9-12(10-19)1-2-16(15)20-14-3-6-21(7-4-14)17(22)13-5-8-23-11-13/h1-2,5,8-9,11,14,20H,3-4,6-7H2. The van der Waals surface area contributed by atoms with Gasteiger partial charge in [0.15, 0.2) is 0 Å². The van der Waals surface area contributed by atoms with Crippen molar-refractivity contribution in [3.8, 4) is 6.07 Å². The molecule has 0 radical (unpaired) electrons. The first-order chi connectivity index (χ1) is 11.2. The van der Waals surface area contributed by atoms with E-state index in [1.54, 1.807) is 23.1 Å². The van der Waals surface area contributed by atoms with E-state index in [-0.39, 0.29) is 11.9 Å². The molecule has 1 aromatic heterocycles. The number of amides is 1. The Morgan fingerprint density at radius 3 is 2.74 bits per heavy atom. The van der Waals surface area contributed by atoms with E-state index >= 15 is 0 Å². The monoisotopic (exact) mass is 313 g/mol. The molecule has 1 aromatic carbocycles. The van der Waals surface area contributed by atoms with Crippen LogP contribution in [0.15, 0.2) is 41.2 Å². The molecule has 1 saturated heterocycles. The molecule has 3 rings (SSSR count). The molecule has 0 unspecified atom stereocenters. The summed E-state index contributed by atoms with van der Waals surface area (Å²) in [5.41, 5.74) is 1.24. The van der Waals surface area contributed by atoms with Crippen molar-refractivity contribution in [2.24, 2.45) is 0 Å². The third-order valence-corrected chi connectivity index (χ3v) is 4.01. The summed E-state index contributed by atoms with van der Waals surface area (Å²) in [4.78, 5) is 14.0. The number of carbonyl (C=O) groups is 1. The fourth-order valence-corrected chi connectivity index (χ4v) is 2.72. The molecule has 1 fully saturated rings. The molecule has 1 N–H and O–H groups in total. The van der Waals surface area contributed by atoms with Crippen LogP contribution in [-0.2, 0) is 0 Å². The highest BCUT2D eigenvalue weighted by molar-refractivity contribution is 5.93. The number of piperidine rings is 1. The Balaban J connectivity index is 1.57. The van der Waals surface area contributed by atoms with Gasteiger partial charge in [-0.2, -0.15) is 5.26 Å². The maximum Gasteiger partial charge on any atom is 0.257 e. The zero-order chi connectivity index (χ0) is 16.2. The van der Waals surface area contributed by atoms with Crippen LogP contribution in [0, 0.1) is 17.1 Å². The van der Waals surface area contributed by atoms with E-state index in [2.05, 4.69) is 5.32 Å². The van der Waals surface area contributed by atoms with E-state index in [4.69, 9.17) is 9.68 Å². The van der Waals surface area contributed by atoms with Crippen LogP contribution in [0.1, 0.15) is 28.8 Å². The van der Waals surface area contributed by atoms with Crippen molar-refractivity contribution in [1.29, 1.82) is 5.26 Å². The molecule has 6 heteroatoms. The zero-order valence-electron chi connectivity index (χ0n) is 12.5. The van der Waals surface area contributed by atoms with Gasteiger partial charge < -0.3 is 14.6 Å². The number of nitrogens with one attached hydrogen (secondary N) is 1. The SMILES string of the molecule is N#Cc1ccc(NC2CCN(C(=O)c3ccoc3)CC2)c(F)c1. The van der Waals surface area contributed by atoms with Gasteiger partial charge in [0.25, 0.3) is 5.91 Å². The first-order valence-corrected chi connectivity index (χ1v) is 7.45. The molecule has 5 nitrogen and oxygen atoms in total. The molecule has 1 aliphatic rings. The van der Waals surface area contributed by atoms with Crippen LogP contribution in [0.4, 0.5) is 10.1 Å². The average molecular weight is 313 g/mol. The third-order valence-electron chi connectivity index (χ3n) is 4.01. The Morgan fingerprint density at radius 2 is 2.13 bits per heavy atom. The van der Waals surface area contributed by atoms with Crippen molar-refractivity contribution in [1.82, 2.24) is 4.90 Å². The lowest BCUT2D eigenvalue weighted by atomic mass is 10.0. The van der Waals surface area contributed by atoms with Crippen LogP contribution >= 0.6 is 0 Å². The summed E-state index contributed by atoms with van der Waals surface area (Å²) in [6, 6.07) is 8.05. The lowest BCUT2D eigenvalue weighted by Crippen LogP contribution is -2.42. The Labute approximate surface area is 133 Å². The Kier molecular flexibility index (Phi) is 4.29. The van der Waals surface area contributed by atoms with E-state index in [1.807, 2.05) is 6.07 Å². The summed E-state index contributed by atoms with van der Waals surface area (Å²) >= 11 is 0. The second-order valence-electron chi connectivity index (χ2n) is 5.53. The molecule has 118 valence electrons. The number of anilines is 1. The van der Waals surface area contributed by atoms with Gasteiger partial charge in [-0.25, -0.2) is 4.39 Å². The smallest absolute Gasteiger partial charge is 0.257 e. The summed E-state index contributed by atoms with van der Waals surface area (Å²) in [5, 5.41) is 11.9. The number of nitriles is 1. The van der Waals surface area contributed by atoms with Gasteiger partial charge in [-0.05, 0) is 37.1 Å². The molecular weight excluding hydrogens is 297 g/mol. The Hall–Kier alpha value is -2.81. The molecule has 2 aromatic rings. The van der Waals surface area contributed by atoms with Crippen LogP contribution in [0.2, 0.25) is 0 Å². The molecule has 0 spiro atoms. The molecule has 0 atom stereocenters. The topological polar surface area (TPSA) is 69.3 Å². The highest BCUT2D eigenvalue weighted by atomic mass is 19.1. The number of furan rings is 1. The van der Waals surface area contributed by atoms with Crippen LogP contribution in [0.3, 0.4) is 0 Å². The second-order valence-corrected chi connectivity index (χ2v) is 5.53. The van der Waals surface area contributed by atoms with E-state index in [1.165, 1.54) is 18.6 Å². The summed E-state index contributed by atoms with van der Waals surface area (Å²) < 4.78 is 18.8. The number of rotatable bonds is 3. The minimum absolute atomic E-state index is 0.0400. The van der Waals surface area contributed by atoms with Crippen molar-refractivity contribution in [2.75, 3.05) is 18.4 Å². The van der Waals surface area contributed by atoms with Gasteiger partial charge in [-0.15, -0.1) is 0 Å². The maximum absolute atomic E-state index is 13.9. The lowest BCUT2D eigenvalue weighted by Gasteiger charge is -2.32. The fourth-order valence-electron chi connectivity index (χ4n) is 2.72. The van der Waals surface area contributed by atoms with Crippen molar-refractivity contribution < 1.29 is 13.6 Å². The predicted octanol–water partition coefficient (Wildman–Crippen LogP) is 3.01. The summed E-state index contributed by atoms with van der Waals surface area (Å²) in [6.45, 7) is 1.22. The van der Waals surface area contributed by atoms with E-state index in [0.29, 0.717) is 29.9 Å². The number of likely N-dealkylation sites (tertiary alicyclic amines) is 1. The van der Waals surface area contributed by atoms with Gasteiger partial charge in [0, 0.05) is 19.1 Å². The molecule has 2 heterocycles. The fraction of sp³-hybridized carbons (Fsp3) is 0.294. The van der Waals surface area contributed by atoms with Gasteiger partial charge >= 0.3 is 0 Å². The molecule has 23 heavy (non-hydrogen) atoms. The third kappa shape index (κ3) is 3.34. The highest BCUT2D eigenvalue weighted by Crippen LogP contribution is 2.21. The van der Waals surface area contributed by atoms with Crippen molar-refractivity contribution in [3.63, 3.8) is 0 Å². The number of halogens is 1. The largest absolute Gasteiger partial charge is 0.472 e. The summed E-state index contributed by atoms with van der Waals surface area (Å²) in [5.74, 6) is -0.470. The molecular formula is C17H16FN3O2. The number of nitrogens with zero attached hydrogens (tertiary/aromatic N) is 2. The lowest BCUT2D eigenvalue weighted by molar-refractivity contribution is 0.0717. The van der Waals surface area contributed by atoms with Crippen LogP contribution in [-0.4, -0.2) is 29.9 Å². The van der Waals surface area contributed by atoms with Gasteiger partial charge in [-0.3, -0.25) is 4.79 Å². The number of benzene rings is 1. The van der Waals surface area contributed by atoms with E-state index in [9.17, 15) is 9.18 Å². The predicted molar refractivity (Wildman–Crippen MR) is 82.4 cm³/mol. The van der Waals surface area contributed by atoms with Crippen molar-refractivity contribution >= 4 is 11.6 Å². The van der Waals surface area contributed by atoms with Crippen molar-refractivity contribution in [2.45, 2.75) is 18.9 Å². The van der Waals surface area contributed by atoms with Crippen molar-refractivity contribution in [3.05, 3.63) is 53.7 Å². The summed E-state index contributed by atoms with van der Waals surface area (Å²) in [7, 11) is 0. The molecule has 1 amide bonds. The Bertz CT molecular complexity index is 729. The van der Waals surface area contributed by atoms with Gasteiger partial charge in [-0.1, -0.05) is 0 Å². The maximum atomic E-state index is 13.9. The first-order valence-electron chi connectivity index (χ1n) is 7.45. The van der Waals surface area contributed by atoms with Gasteiger partial charge in [0.1, 0.15) is 12.1 Å². The van der Waals surface area contributed by atoms with Crippen LogP contribution in [0.25, 0.3) is 0 Å². The zero-order valence-corrected chi connectivity index (χ0v) is 12.5. The Morgan fingerprint density at radius 1 is 1.35 bits per heavy atom. The minimum Gasteiger partial charge on any atom is -0.472 e. The van der Waals surface area contributed by atoms with Crippen LogP contribution in [0.5, 0.6) is 0 Å². The molecule has 0 saturated carbocycles. The highest BCUT2D eigenvalue weighted by Gasteiger charge is 2.24. The first kappa shape index (κ1) is 15.1. The van der Waals surface area contributed by atoms with Gasteiger partial charge in [0.2, 0.25) is 0 Å². The van der Waals surface area contributed by atoms with E-state index in [0.717, 1.165) is 12.8 Å². The van der Waals surface area contributed by atoms with Crippen LogP contribution < -0.4 is 5.32 Å². The van der Waals surface area contributed by atoms with E-state index < -0.39 is 5.82 Å². The minimum atomic E-state index is -0.430. The average Bonchev–Trinajstić information content (AvgIpc) is 3.11. The number of hydrogen-bond acceptors (Lipinski definition) is 4.